The zero-order valence-electron chi connectivity index (χ0n) is 7.83. The molecule has 0 spiro atoms. The minimum absolute atomic E-state index is 0.497. The molecule has 14 heavy (non-hydrogen) atoms. The molecule has 2 nitrogen and oxygen atoms in total. The number of fused-ring (bicyclic) bond motifs is 1. The van der Waals surface area contributed by atoms with Crippen molar-refractivity contribution in [2.24, 2.45) is 0 Å². The predicted molar refractivity (Wildman–Crippen MR) is 57.5 cm³/mol. The largest absolute Gasteiger partial charge is 0.380 e. The van der Waals surface area contributed by atoms with Crippen LogP contribution in [0.1, 0.15) is 5.56 Å². The number of hydrogen-bond acceptors (Lipinski definition) is 2. The summed E-state index contributed by atoms with van der Waals surface area (Å²) in [6.07, 6.45) is 1.76. The molecule has 0 fully saturated rings. The van der Waals surface area contributed by atoms with Gasteiger partial charge in [-0.15, -0.1) is 0 Å². The van der Waals surface area contributed by atoms with E-state index in [2.05, 4.69) is 4.98 Å². The van der Waals surface area contributed by atoms with Gasteiger partial charge >= 0.3 is 0 Å². The van der Waals surface area contributed by atoms with Crippen molar-refractivity contribution < 1.29 is 4.74 Å². The van der Waals surface area contributed by atoms with E-state index in [1.165, 1.54) is 0 Å². The number of nitrogens with zero attached hydrogens (tertiary/aromatic N) is 1. The zero-order chi connectivity index (χ0) is 9.97. The summed E-state index contributed by atoms with van der Waals surface area (Å²) in [6.45, 7) is 0.497. The van der Waals surface area contributed by atoms with E-state index in [0.29, 0.717) is 6.61 Å². The van der Waals surface area contributed by atoms with Crippen LogP contribution in [0.5, 0.6) is 0 Å². The molecule has 0 amide bonds. The molecule has 0 aliphatic rings. The predicted octanol–water partition coefficient (Wildman–Crippen LogP) is 3.03. The highest BCUT2D eigenvalue weighted by atomic mass is 35.5. The lowest BCUT2D eigenvalue weighted by Gasteiger charge is -2.05. The molecule has 2 rings (SSSR count). The average Bonchev–Trinajstić information content (AvgIpc) is 2.23. The molecular formula is C11H10ClNO. The Hall–Kier alpha value is -1.12. The normalized spacial score (nSPS) is 10.7. The third kappa shape index (κ3) is 1.59. The fourth-order valence-corrected chi connectivity index (χ4v) is 1.67. The minimum Gasteiger partial charge on any atom is -0.380 e. The smallest absolute Gasteiger partial charge is 0.0742 e. The number of hydrogen-bond donors (Lipinski definition) is 0. The summed E-state index contributed by atoms with van der Waals surface area (Å²) in [5.41, 5.74) is 1.84. The quantitative estimate of drug-likeness (QED) is 0.755. The molecular weight excluding hydrogens is 198 g/mol. The monoisotopic (exact) mass is 207 g/mol. The maximum Gasteiger partial charge on any atom is 0.0742 e. The highest BCUT2D eigenvalue weighted by Gasteiger charge is 2.05. The molecule has 1 aromatic carbocycles. The van der Waals surface area contributed by atoms with Gasteiger partial charge in [0.2, 0.25) is 0 Å². The van der Waals surface area contributed by atoms with Crippen molar-refractivity contribution in [1.29, 1.82) is 0 Å². The van der Waals surface area contributed by atoms with Crippen molar-refractivity contribution in [2.45, 2.75) is 6.61 Å². The first kappa shape index (κ1) is 9.44. The summed E-state index contributed by atoms with van der Waals surface area (Å²) in [6, 6.07) is 7.80. The number of benzene rings is 1. The van der Waals surface area contributed by atoms with Crippen LogP contribution in [0, 0.1) is 0 Å². The van der Waals surface area contributed by atoms with E-state index in [4.69, 9.17) is 16.3 Å². The van der Waals surface area contributed by atoms with Crippen molar-refractivity contribution in [1.82, 2.24) is 4.98 Å². The molecule has 0 saturated heterocycles. The molecule has 0 unspecified atom stereocenters. The molecule has 0 bridgehead atoms. The fraction of sp³-hybridized carbons (Fsp3) is 0.182. The molecule has 0 N–H and O–H groups in total. The highest BCUT2D eigenvalue weighted by Crippen LogP contribution is 2.25. The van der Waals surface area contributed by atoms with Gasteiger partial charge in [0, 0.05) is 24.3 Å². The number of halogens is 1. The van der Waals surface area contributed by atoms with E-state index in [0.717, 1.165) is 21.5 Å². The van der Waals surface area contributed by atoms with Gasteiger partial charge in [0.1, 0.15) is 0 Å². The second-order valence-electron chi connectivity index (χ2n) is 3.05. The van der Waals surface area contributed by atoms with Crippen molar-refractivity contribution in [3.63, 3.8) is 0 Å². The van der Waals surface area contributed by atoms with Crippen molar-refractivity contribution in [3.8, 4) is 0 Å². The Balaban J connectivity index is 2.63. The lowest BCUT2D eigenvalue weighted by atomic mass is 10.1. The van der Waals surface area contributed by atoms with Crippen LogP contribution in [0.4, 0.5) is 0 Å². The van der Waals surface area contributed by atoms with E-state index < -0.39 is 0 Å². The average molecular weight is 208 g/mol. The van der Waals surface area contributed by atoms with Gasteiger partial charge < -0.3 is 4.74 Å². The fourth-order valence-electron chi connectivity index (χ4n) is 1.41. The number of ether oxygens (including phenoxy) is 1. The Bertz CT molecular complexity index is 456. The maximum absolute atomic E-state index is 6.20. The number of rotatable bonds is 2. The first-order valence-electron chi connectivity index (χ1n) is 4.34. The second kappa shape index (κ2) is 3.95. The number of para-hydroxylation sites is 1. The molecule has 0 radical (unpaired) electrons. The van der Waals surface area contributed by atoms with E-state index in [1.807, 2.05) is 24.3 Å². The van der Waals surface area contributed by atoms with Gasteiger partial charge in [0.05, 0.1) is 17.1 Å². The summed E-state index contributed by atoms with van der Waals surface area (Å²) >= 11 is 6.20. The first-order chi connectivity index (χ1) is 6.83. The Morgan fingerprint density at radius 1 is 1.36 bits per heavy atom. The Morgan fingerprint density at radius 2 is 2.14 bits per heavy atom. The lowest BCUT2D eigenvalue weighted by molar-refractivity contribution is 0.185. The third-order valence-electron chi connectivity index (χ3n) is 2.08. The Kier molecular flexibility index (Phi) is 2.66. The van der Waals surface area contributed by atoms with Crippen molar-refractivity contribution in [3.05, 3.63) is 41.0 Å². The van der Waals surface area contributed by atoms with Crippen LogP contribution in [-0.2, 0) is 11.3 Å². The Labute approximate surface area is 87.5 Å². The SMILES string of the molecule is COCc1cnc2ccccc2c1Cl. The van der Waals surface area contributed by atoms with E-state index >= 15 is 0 Å². The van der Waals surface area contributed by atoms with Crippen LogP contribution >= 0.6 is 11.6 Å². The first-order valence-corrected chi connectivity index (χ1v) is 4.72. The molecule has 3 heteroatoms. The molecule has 1 heterocycles. The number of pyridine rings is 1. The molecule has 0 saturated carbocycles. The van der Waals surface area contributed by atoms with E-state index in [-0.39, 0.29) is 0 Å². The summed E-state index contributed by atoms with van der Waals surface area (Å²) < 4.78 is 5.03. The van der Waals surface area contributed by atoms with Crippen LogP contribution in [0.3, 0.4) is 0 Å². The molecule has 72 valence electrons. The minimum atomic E-state index is 0.497. The van der Waals surface area contributed by atoms with E-state index in [1.54, 1.807) is 13.3 Å². The second-order valence-corrected chi connectivity index (χ2v) is 3.43. The van der Waals surface area contributed by atoms with Gasteiger partial charge in [-0.05, 0) is 6.07 Å². The van der Waals surface area contributed by atoms with Gasteiger partial charge in [-0.1, -0.05) is 29.8 Å². The molecule has 0 atom stereocenters. The summed E-state index contributed by atoms with van der Waals surface area (Å²) in [5.74, 6) is 0. The lowest BCUT2D eigenvalue weighted by Crippen LogP contribution is -1.91. The standard InChI is InChI=1S/C11H10ClNO/c1-14-7-8-6-13-10-5-3-2-4-9(10)11(8)12/h2-6H,7H2,1H3. The van der Waals surface area contributed by atoms with Crippen LogP contribution in [0.2, 0.25) is 5.02 Å². The van der Waals surface area contributed by atoms with Gasteiger partial charge in [0.15, 0.2) is 0 Å². The third-order valence-corrected chi connectivity index (χ3v) is 2.53. The Morgan fingerprint density at radius 3 is 2.93 bits per heavy atom. The summed E-state index contributed by atoms with van der Waals surface area (Å²) in [7, 11) is 1.64. The van der Waals surface area contributed by atoms with Crippen LogP contribution < -0.4 is 0 Å². The molecule has 0 aliphatic carbocycles. The van der Waals surface area contributed by atoms with Gasteiger partial charge in [0.25, 0.3) is 0 Å². The van der Waals surface area contributed by atoms with Crippen molar-refractivity contribution >= 4 is 22.5 Å². The zero-order valence-corrected chi connectivity index (χ0v) is 8.58. The number of methoxy groups -OCH3 is 1. The molecule has 2 aromatic rings. The van der Waals surface area contributed by atoms with Crippen LogP contribution in [0.15, 0.2) is 30.5 Å². The van der Waals surface area contributed by atoms with Gasteiger partial charge in [-0.3, -0.25) is 4.98 Å². The van der Waals surface area contributed by atoms with Crippen LogP contribution in [-0.4, -0.2) is 12.1 Å². The number of aromatic nitrogens is 1. The topological polar surface area (TPSA) is 22.1 Å². The van der Waals surface area contributed by atoms with Crippen LogP contribution in [0.25, 0.3) is 10.9 Å². The van der Waals surface area contributed by atoms with Gasteiger partial charge in [-0.25, -0.2) is 0 Å². The summed E-state index contributed by atoms with van der Waals surface area (Å²) in [4.78, 5) is 4.30. The molecule has 0 aliphatic heterocycles. The summed E-state index contributed by atoms with van der Waals surface area (Å²) in [5, 5.41) is 1.71. The van der Waals surface area contributed by atoms with Crippen molar-refractivity contribution in [2.75, 3.05) is 7.11 Å². The van der Waals surface area contributed by atoms with Gasteiger partial charge in [-0.2, -0.15) is 0 Å². The highest BCUT2D eigenvalue weighted by molar-refractivity contribution is 6.36. The van der Waals surface area contributed by atoms with E-state index in [9.17, 15) is 0 Å². The maximum atomic E-state index is 6.20. The molecule has 1 aromatic heterocycles.